The first kappa shape index (κ1) is 15.6. The summed E-state index contributed by atoms with van der Waals surface area (Å²) in [4.78, 5) is 11.0. The average Bonchev–Trinajstić information content (AvgIpc) is 2.65. The molecular weight excluding hydrogens is 315 g/mol. The predicted octanol–water partition coefficient (Wildman–Crippen LogP) is 1.39. The Hall–Kier alpha value is -1.81. The fourth-order valence-electron chi connectivity index (χ4n) is 1.75. The summed E-state index contributed by atoms with van der Waals surface area (Å²) < 4.78 is 65.5. The van der Waals surface area contributed by atoms with E-state index in [9.17, 15) is 31.5 Å². The number of nitrogens with zero attached hydrogens (tertiary/aromatic N) is 1. The molecule has 116 valence electrons. The van der Waals surface area contributed by atoms with Crippen LogP contribution in [0.25, 0.3) is 0 Å². The summed E-state index contributed by atoms with van der Waals surface area (Å²) in [6.45, 7) is 1.68. The third kappa shape index (κ3) is 2.68. The minimum absolute atomic E-state index is 0.310. The lowest BCUT2D eigenvalue weighted by Gasteiger charge is -2.20. The summed E-state index contributed by atoms with van der Waals surface area (Å²) in [5.41, 5.74) is 0.715. The Labute approximate surface area is 117 Å². The molecule has 21 heavy (non-hydrogen) atoms. The molecule has 0 saturated carbocycles. The fraction of sp³-hybridized carbons (Fsp3) is 0.364. The Kier molecular flexibility index (Phi) is 3.62. The van der Waals surface area contributed by atoms with E-state index in [1.807, 2.05) is 0 Å². The number of hydrogen-bond acceptors (Lipinski definition) is 5. The lowest BCUT2D eigenvalue weighted by atomic mass is 10.2. The third-order valence-corrected chi connectivity index (χ3v) is 4.57. The van der Waals surface area contributed by atoms with Crippen LogP contribution in [0.4, 0.5) is 18.0 Å². The van der Waals surface area contributed by atoms with E-state index in [4.69, 9.17) is 0 Å². The zero-order valence-electron chi connectivity index (χ0n) is 10.5. The molecule has 1 N–H and O–H groups in total. The second kappa shape index (κ2) is 4.88. The number of benzene rings is 1. The molecule has 1 aliphatic rings. The molecule has 0 radical (unpaired) electrons. The van der Waals surface area contributed by atoms with Crippen LogP contribution < -0.4 is 0 Å². The molecule has 1 heterocycles. The maximum Gasteiger partial charge on any atom is 0.430 e. The molecule has 6 nitrogen and oxygen atoms in total. The number of sulfonamides is 1. The van der Waals surface area contributed by atoms with Gasteiger partial charge in [-0.2, -0.15) is 17.5 Å². The number of aryl methyl sites for hydroxylation is 1. The highest BCUT2D eigenvalue weighted by Crippen LogP contribution is 2.35. The lowest BCUT2D eigenvalue weighted by molar-refractivity contribution is -0.218. The number of hydrogen-bond donors (Lipinski definition) is 1. The third-order valence-electron chi connectivity index (χ3n) is 2.82. The van der Waals surface area contributed by atoms with Crippen molar-refractivity contribution in [1.82, 2.24) is 4.31 Å². The van der Waals surface area contributed by atoms with E-state index in [-0.39, 0.29) is 4.31 Å². The number of rotatable bonds is 2. The number of alkyl halides is 3. The molecule has 1 fully saturated rings. The minimum atomic E-state index is -5.08. The Morgan fingerprint density at radius 3 is 2.19 bits per heavy atom. The van der Waals surface area contributed by atoms with Crippen LogP contribution in [0.1, 0.15) is 5.56 Å². The molecule has 1 saturated heterocycles. The summed E-state index contributed by atoms with van der Waals surface area (Å²) in [7, 11) is -4.64. The van der Waals surface area contributed by atoms with Crippen LogP contribution in [-0.4, -0.2) is 42.4 Å². The van der Waals surface area contributed by atoms with E-state index < -0.39 is 39.5 Å². The molecule has 2 rings (SSSR count). The molecule has 0 aliphatic carbocycles. The highest BCUT2D eigenvalue weighted by atomic mass is 32.2. The molecule has 10 heteroatoms. The molecule has 1 aliphatic heterocycles. The van der Waals surface area contributed by atoms with Crippen molar-refractivity contribution in [3.63, 3.8) is 0 Å². The van der Waals surface area contributed by atoms with Crippen molar-refractivity contribution >= 4 is 16.1 Å². The Bertz CT molecular complexity index is 655. The molecule has 0 bridgehead atoms. The van der Waals surface area contributed by atoms with Crippen LogP contribution in [0.3, 0.4) is 0 Å². The van der Waals surface area contributed by atoms with Gasteiger partial charge in [0.1, 0.15) is 0 Å². The number of aliphatic hydroxyl groups excluding tert-OH is 1. The first-order valence-corrected chi connectivity index (χ1v) is 7.05. The molecule has 2 atom stereocenters. The van der Waals surface area contributed by atoms with E-state index in [0.717, 1.165) is 12.1 Å². The van der Waals surface area contributed by atoms with Gasteiger partial charge in [-0.25, -0.2) is 13.2 Å². The van der Waals surface area contributed by atoms with Gasteiger partial charge < -0.3 is 9.84 Å². The molecule has 1 aromatic rings. The summed E-state index contributed by atoms with van der Waals surface area (Å²) in [6, 6.07) is 5.04. The van der Waals surface area contributed by atoms with Gasteiger partial charge in [0.2, 0.25) is 6.10 Å². The van der Waals surface area contributed by atoms with Gasteiger partial charge in [0.25, 0.3) is 10.0 Å². The van der Waals surface area contributed by atoms with E-state index in [2.05, 4.69) is 4.74 Å². The largest absolute Gasteiger partial charge is 0.431 e. The zero-order valence-corrected chi connectivity index (χ0v) is 11.4. The van der Waals surface area contributed by atoms with Gasteiger partial charge in [0, 0.05) is 0 Å². The van der Waals surface area contributed by atoms with Crippen LogP contribution in [0.2, 0.25) is 0 Å². The first-order chi connectivity index (χ1) is 9.55. The topological polar surface area (TPSA) is 83.9 Å². The van der Waals surface area contributed by atoms with Crippen molar-refractivity contribution in [2.45, 2.75) is 30.3 Å². The van der Waals surface area contributed by atoms with Crippen LogP contribution in [0.15, 0.2) is 29.2 Å². The van der Waals surface area contributed by atoms with Crippen molar-refractivity contribution in [1.29, 1.82) is 0 Å². The minimum Gasteiger partial charge on any atom is -0.431 e. The Balaban J connectivity index is 2.41. The van der Waals surface area contributed by atoms with Crippen LogP contribution in [0, 0.1) is 6.92 Å². The number of cyclic esters (lactones) is 1. The maximum atomic E-state index is 12.5. The number of halogens is 3. The lowest BCUT2D eigenvalue weighted by Crippen LogP contribution is -2.45. The van der Waals surface area contributed by atoms with Gasteiger partial charge >= 0.3 is 12.3 Å². The highest BCUT2D eigenvalue weighted by Gasteiger charge is 2.59. The standard InChI is InChI=1S/C11H10F3NO5S/c1-6-2-4-7(5-3-6)21(18,19)15-9(16)8(11(12,13)14)20-10(15)17/h2-5,8-9,16H,1H3/t8-,9+/m0/s1. The van der Waals surface area contributed by atoms with E-state index in [1.54, 1.807) is 6.92 Å². The van der Waals surface area contributed by atoms with Crippen molar-refractivity contribution in [3.05, 3.63) is 29.8 Å². The van der Waals surface area contributed by atoms with Gasteiger partial charge in [0.05, 0.1) is 4.90 Å². The van der Waals surface area contributed by atoms with E-state index >= 15 is 0 Å². The van der Waals surface area contributed by atoms with Crippen molar-refractivity contribution < 1.29 is 36.2 Å². The fourth-order valence-corrected chi connectivity index (χ4v) is 3.09. The first-order valence-electron chi connectivity index (χ1n) is 5.61. The van der Waals surface area contributed by atoms with Gasteiger partial charge in [-0.1, -0.05) is 17.7 Å². The molecule has 0 spiro atoms. The summed E-state index contributed by atoms with van der Waals surface area (Å²) in [6.07, 6.45) is -12.4. The molecule has 0 aromatic heterocycles. The van der Waals surface area contributed by atoms with Crippen LogP contribution in [-0.2, 0) is 14.8 Å². The average molecular weight is 325 g/mol. The monoisotopic (exact) mass is 325 g/mol. The zero-order chi connectivity index (χ0) is 16.0. The predicted molar refractivity (Wildman–Crippen MR) is 62.5 cm³/mol. The van der Waals surface area contributed by atoms with Gasteiger partial charge in [-0.05, 0) is 19.1 Å². The van der Waals surface area contributed by atoms with Crippen molar-refractivity contribution in [2.24, 2.45) is 0 Å². The smallest absolute Gasteiger partial charge is 0.430 e. The van der Waals surface area contributed by atoms with Crippen LogP contribution >= 0.6 is 0 Å². The second-order valence-corrected chi connectivity index (χ2v) is 6.19. The maximum absolute atomic E-state index is 12.5. The summed E-state index contributed by atoms with van der Waals surface area (Å²) in [5, 5.41) is 9.49. The quantitative estimate of drug-likeness (QED) is 0.888. The highest BCUT2D eigenvalue weighted by molar-refractivity contribution is 7.89. The molecule has 1 amide bonds. The van der Waals surface area contributed by atoms with Crippen LogP contribution in [0.5, 0.6) is 0 Å². The number of amides is 1. The normalized spacial score (nSPS) is 23.3. The number of ether oxygens (including phenoxy) is 1. The second-order valence-electron chi connectivity index (χ2n) is 4.37. The van der Waals surface area contributed by atoms with Gasteiger partial charge in [-0.15, -0.1) is 0 Å². The van der Waals surface area contributed by atoms with E-state index in [0.29, 0.717) is 5.56 Å². The van der Waals surface area contributed by atoms with Crippen molar-refractivity contribution in [3.8, 4) is 0 Å². The number of carbonyl (C=O) groups is 1. The van der Waals surface area contributed by atoms with E-state index in [1.165, 1.54) is 12.1 Å². The van der Waals surface area contributed by atoms with Gasteiger partial charge in [0.15, 0.2) is 6.23 Å². The molecule has 1 aromatic carbocycles. The number of aliphatic hydroxyl groups is 1. The van der Waals surface area contributed by atoms with Crippen molar-refractivity contribution in [2.75, 3.05) is 0 Å². The number of carbonyl (C=O) groups excluding carboxylic acids is 1. The molecular formula is C11H10F3NO5S. The van der Waals surface area contributed by atoms with Gasteiger partial charge in [-0.3, -0.25) is 0 Å². The molecule has 0 unspecified atom stereocenters. The Morgan fingerprint density at radius 2 is 1.76 bits per heavy atom. The SMILES string of the molecule is Cc1ccc(S(=O)(=O)N2C(=O)O[C@H](C(F)(F)F)[C@H]2O)cc1. The summed E-state index contributed by atoms with van der Waals surface area (Å²) in [5.74, 6) is 0. The Morgan fingerprint density at radius 1 is 1.24 bits per heavy atom. The summed E-state index contributed by atoms with van der Waals surface area (Å²) >= 11 is 0.